The van der Waals surface area contributed by atoms with E-state index in [1.165, 1.54) is 29.8 Å². The fraction of sp³-hybridized carbons (Fsp3) is 0.172. The second kappa shape index (κ2) is 9.12. The van der Waals surface area contributed by atoms with Crippen molar-refractivity contribution in [1.29, 1.82) is 0 Å². The molecule has 6 heteroatoms. The maximum atomic E-state index is 12.1. The van der Waals surface area contributed by atoms with Gasteiger partial charge in [-0.05, 0) is 70.1 Å². The van der Waals surface area contributed by atoms with Crippen LogP contribution in [0.5, 0.6) is 0 Å². The zero-order valence-electron chi connectivity index (χ0n) is 20.1. The Balaban J connectivity index is 1.83. The zero-order valence-corrected chi connectivity index (χ0v) is 20.9. The summed E-state index contributed by atoms with van der Waals surface area (Å²) < 4.78 is 23.5. The van der Waals surface area contributed by atoms with E-state index in [0.29, 0.717) is 5.56 Å². The van der Waals surface area contributed by atoms with Gasteiger partial charge in [0.25, 0.3) is 0 Å². The number of nitrogens with zero attached hydrogens (tertiary/aromatic N) is 1. The van der Waals surface area contributed by atoms with Gasteiger partial charge < -0.3 is 5.11 Å². The van der Waals surface area contributed by atoms with Gasteiger partial charge in [-0.1, -0.05) is 57.2 Å². The predicted octanol–water partition coefficient (Wildman–Crippen LogP) is 6.23. The van der Waals surface area contributed by atoms with E-state index < -0.39 is 15.8 Å². The Morgan fingerprint density at radius 1 is 0.943 bits per heavy atom. The summed E-state index contributed by atoms with van der Waals surface area (Å²) in [6.07, 6.45) is 4.49. The highest BCUT2D eigenvalue weighted by molar-refractivity contribution is 7.90. The third kappa shape index (κ3) is 5.33. The molecule has 1 heterocycles. The fourth-order valence-electron chi connectivity index (χ4n) is 3.96. The summed E-state index contributed by atoms with van der Waals surface area (Å²) in [6.45, 7) is 6.50. The predicted molar refractivity (Wildman–Crippen MR) is 141 cm³/mol. The normalized spacial score (nSPS) is 12.6. The highest BCUT2D eigenvalue weighted by atomic mass is 32.2. The van der Waals surface area contributed by atoms with Crippen molar-refractivity contribution in [2.75, 3.05) is 6.26 Å². The Kier molecular flexibility index (Phi) is 6.34. The first-order chi connectivity index (χ1) is 16.4. The lowest BCUT2D eigenvalue weighted by Crippen LogP contribution is -2.11. The van der Waals surface area contributed by atoms with Crippen LogP contribution in [0.15, 0.2) is 83.9 Å². The molecule has 0 aliphatic rings. The monoisotopic (exact) mass is 485 g/mol. The molecule has 0 spiro atoms. The molecule has 3 aromatic carbocycles. The summed E-state index contributed by atoms with van der Waals surface area (Å²) in [6, 6.07) is 21.9. The van der Waals surface area contributed by atoms with Gasteiger partial charge in [-0.2, -0.15) is 0 Å². The lowest BCUT2D eigenvalue weighted by Gasteiger charge is -2.21. The van der Waals surface area contributed by atoms with Gasteiger partial charge in [0, 0.05) is 23.4 Å². The molecular formula is C29H27NO4S. The SMILES string of the molecule is CC(C)(C)c1cc(-c2cccc(/C=C(\C(=O)O)c3ccc(S(C)(=O)=O)cc3)c2)c2ncccc2c1. The molecule has 0 unspecified atom stereocenters. The van der Waals surface area contributed by atoms with Crippen molar-refractivity contribution in [2.45, 2.75) is 31.1 Å². The molecule has 0 radical (unpaired) electrons. The molecule has 1 N–H and O–H groups in total. The quantitative estimate of drug-likeness (QED) is 0.268. The molecular weight excluding hydrogens is 458 g/mol. The molecule has 5 nitrogen and oxygen atoms in total. The van der Waals surface area contributed by atoms with Crippen molar-refractivity contribution in [3.8, 4) is 11.1 Å². The molecule has 0 fully saturated rings. The number of aliphatic carboxylic acids is 1. The summed E-state index contributed by atoms with van der Waals surface area (Å²) in [5, 5.41) is 10.9. The van der Waals surface area contributed by atoms with E-state index in [9.17, 15) is 18.3 Å². The van der Waals surface area contributed by atoms with Crippen molar-refractivity contribution >= 4 is 38.4 Å². The first-order valence-corrected chi connectivity index (χ1v) is 13.1. The molecule has 0 aliphatic carbocycles. The molecule has 4 aromatic rings. The van der Waals surface area contributed by atoms with Crippen molar-refractivity contribution in [2.24, 2.45) is 0 Å². The number of carboxylic acid groups (broad SMARTS) is 1. The highest BCUT2D eigenvalue weighted by Gasteiger charge is 2.18. The average molecular weight is 486 g/mol. The Labute approximate surface area is 205 Å². The number of carboxylic acids is 1. The topological polar surface area (TPSA) is 84.3 Å². The van der Waals surface area contributed by atoms with Gasteiger partial charge in [0.15, 0.2) is 9.84 Å². The first kappa shape index (κ1) is 24.4. The molecule has 1 aromatic heterocycles. The largest absolute Gasteiger partial charge is 0.478 e. The van der Waals surface area contributed by atoms with E-state index in [1.807, 2.05) is 36.4 Å². The van der Waals surface area contributed by atoms with Crippen LogP contribution in [0.1, 0.15) is 37.5 Å². The Morgan fingerprint density at radius 3 is 2.29 bits per heavy atom. The van der Waals surface area contributed by atoms with Crippen LogP contribution in [-0.4, -0.2) is 30.7 Å². The van der Waals surface area contributed by atoms with Crippen LogP contribution >= 0.6 is 0 Å². The van der Waals surface area contributed by atoms with Gasteiger partial charge in [-0.15, -0.1) is 0 Å². The standard InChI is InChI=1S/C29H27NO4S/c1-29(2,3)23-17-22-9-6-14-30-27(22)25(18-23)21-8-5-7-19(15-21)16-26(28(31)32)20-10-12-24(13-11-20)35(4,33)34/h5-18H,1-4H3,(H,31,32)/b26-16-. The zero-order chi connectivity index (χ0) is 25.4. The van der Waals surface area contributed by atoms with Gasteiger partial charge in [-0.25, -0.2) is 13.2 Å². The van der Waals surface area contributed by atoms with Crippen LogP contribution in [0.2, 0.25) is 0 Å². The highest BCUT2D eigenvalue weighted by Crippen LogP contribution is 2.34. The maximum Gasteiger partial charge on any atom is 0.336 e. The van der Waals surface area contributed by atoms with E-state index in [4.69, 9.17) is 0 Å². The molecule has 35 heavy (non-hydrogen) atoms. The average Bonchev–Trinajstić information content (AvgIpc) is 2.81. The van der Waals surface area contributed by atoms with E-state index >= 15 is 0 Å². The van der Waals surface area contributed by atoms with Crippen LogP contribution in [0.4, 0.5) is 0 Å². The van der Waals surface area contributed by atoms with Crippen LogP contribution in [0, 0.1) is 0 Å². The van der Waals surface area contributed by atoms with Gasteiger partial charge in [0.05, 0.1) is 16.0 Å². The van der Waals surface area contributed by atoms with Crippen LogP contribution in [-0.2, 0) is 20.0 Å². The minimum absolute atomic E-state index is 0.0507. The molecule has 0 amide bonds. The minimum Gasteiger partial charge on any atom is -0.478 e. The summed E-state index contributed by atoms with van der Waals surface area (Å²) >= 11 is 0. The number of rotatable bonds is 5. The number of carbonyl (C=O) groups is 1. The molecule has 0 aliphatic heterocycles. The van der Waals surface area contributed by atoms with E-state index in [0.717, 1.165) is 33.8 Å². The third-order valence-electron chi connectivity index (χ3n) is 5.90. The molecule has 0 bridgehead atoms. The fourth-order valence-corrected chi connectivity index (χ4v) is 4.59. The lowest BCUT2D eigenvalue weighted by atomic mass is 9.84. The van der Waals surface area contributed by atoms with Crippen LogP contribution < -0.4 is 0 Å². The van der Waals surface area contributed by atoms with Gasteiger partial charge in [0.2, 0.25) is 0 Å². The second-order valence-electron chi connectivity index (χ2n) is 9.63. The number of sulfone groups is 1. The van der Waals surface area contributed by atoms with Crippen molar-refractivity contribution in [1.82, 2.24) is 4.98 Å². The van der Waals surface area contributed by atoms with Crippen molar-refractivity contribution in [3.63, 3.8) is 0 Å². The number of pyridine rings is 1. The van der Waals surface area contributed by atoms with Crippen LogP contribution in [0.3, 0.4) is 0 Å². The first-order valence-electron chi connectivity index (χ1n) is 11.2. The molecule has 0 saturated carbocycles. The molecule has 178 valence electrons. The van der Waals surface area contributed by atoms with E-state index in [1.54, 1.807) is 12.3 Å². The molecule has 0 atom stereocenters. The second-order valence-corrected chi connectivity index (χ2v) is 11.6. The number of fused-ring (bicyclic) bond motifs is 1. The van der Waals surface area contributed by atoms with E-state index in [-0.39, 0.29) is 15.9 Å². The summed E-state index contributed by atoms with van der Waals surface area (Å²) in [5.74, 6) is -1.09. The van der Waals surface area contributed by atoms with Gasteiger partial charge >= 0.3 is 5.97 Å². The number of benzene rings is 3. The van der Waals surface area contributed by atoms with E-state index in [2.05, 4.69) is 37.9 Å². The minimum atomic E-state index is -3.37. The lowest BCUT2D eigenvalue weighted by molar-refractivity contribution is -0.130. The van der Waals surface area contributed by atoms with Crippen molar-refractivity contribution in [3.05, 3.63) is 95.7 Å². The smallest absolute Gasteiger partial charge is 0.336 e. The van der Waals surface area contributed by atoms with Crippen molar-refractivity contribution < 1.29 is 18.3 Å². The summed E-state index contributed by atoms with van der Waals surface area (Å²) in [4.78, 5) is 16.8. The number of aromatic nitrogens is 1. The van der Waals surface area contributed by atoms with Crippen LogP contribution in [0.25, 0.3) is 33.7 Å². The summed E-state index contributed by atoms with van der Waals surface area (Å²) in [7, 11) is -3.37. The number of hydrogen-bond donors (Lipinski definition) is 1. The summed E-state index contributed by atoms with van der Waals surface area (Å²) in [5.41, 5.74) is 5.17. The van der Waals surface area contributed by atoms with Gasteiger partial charge in [-0.3, -0.25) is 4.98 Å². The van der Waals surface area contributed by atoms with Gasteiger partial charge in [0.1, 0.15) is 0 Å². The molecule has 0 saturated heterocycles. The Hall–Kier alpha value is -3.77. The third-order valence-corrected chi connectivity index (χ3v) is 7.03. The Bertz CT molecular complexity index is 1560. The maximum absolute atomic E-state index is 12.1. The molecule has 4 rings (SSSR count). The Morgan fingerprint density at radius 2 is 1.66 bits per heavy atom. The number of hydrogen-bond acceptors (Lipinski definition) is 4.